The molecule has 1 nitrogen and oxygen atoms in total. The van der Waals surface area contributed by atoms with E-state index >= 15 is 0 Å². The molecule has 1 aromatic heterocycles. The van der Waals surface area contributed by atoms with Crippen LogP contribution in [0.5, 0.6) is 0 Å². The summed E-state index contributed by atoms with van der Waals surface area (Å²) >= 11 is 3.44. The molecule has 1 heterocycles. The minimum absolute atomic E-state index is 0.940. The first-order chi connectivity index (χ1) is 5.36. The van der Waals surface area contributed by atoms with Crippen molar-refractivity contribution in [2.75, 3.05) is 0 Å². The van der Waals surface area contributed by atoms with Gasteiger partial charge in [0, 0.05) is 6.20 Å². The summed E-state index contributed by atoms with van der Waals surface area (Å²) in [7, 11) is 0. The van der Waals surface area contributed by atoms with Gasteiger partial charge in [-0.2, -0.15) is 0 Å². The van der Waals surface area contributed by atoms with E-state index in [1.54, 1.807) is 0 Å². The highest BCUT2D eigenvalue weighted by Crippen LogP contribution is 2.33. The van der Waals surface area contributed by atoms with Crippen LogP contribution in [0.3, 0.4) is 0 Å². The van der Waals surface area contributed by atoms with Crippen LogP contribution in [0.25, 0.3) is 0 Å². The van der Waals surface area contributed by atoms with Gasteiger partial charge in [0.1, 0.15) is 4.60 Å². The van der Waals surface area contributed by atoms with Crippen LogP contribution in [0.2, 0.25) is 0 Å². The molecule has 0 atom stereocenters. The van der Waals surface area contributed by atoms with Gasteiger partial charge in [0.05, 0.1) is 0 Å². The molecule has 0 saturated heterocycles. The molecule has 0 bridgehead atoms. The van der Waals surface area contributed by atoms with Crippen molar-refractivity contribution >= 4 is 15.9 Å². The molecule has 11 heavy (non-hydrogen) atoms. The topological polar surface area (TPSA) is 12.9 Å². The molecule has 0 unspecified atom stereocenters. The van der Waals surface area contributed by atoms with Crippen LogP contribution in [-0.2, 0) is 6.42 Å². The van der Waals surface area contributed by atoms with Gasteiger partial charge in [0.2, 0.25) is 0 Å². The van der Waals surface area contributed by atoms with Gasteiger partial charge in [-0.3, -0.25) is 0 Å². The molecule has 1 aliphatic rings. The Hall–Kier alpha value is -0.370. The molecule has 0 radical (unpaired) electrons. The lowest BCUT2D eigenvalue weighted by molar-refractivity contribution is 0.822. The van der Waals surface area contributed by atoms with Gasteiger partial charge in [-0.1, -0.05) is 6.07 Å². The third kappa shape index (κ3) is 1.80. The summed E-state index contributed by atoms with van der Waals surface area (Å²) in [5, 5.41) is 0. The van der Waals surface area contributed by atoms with Gasteiger partial charge >= 0.3 is 0 Å². The lowest BCUT2D eigenvalue weighted by atomic mass is 10.1. The zero-order chi connectivity index (χ0) is 7.68. The Kier molecular flexibility index (Phi) is 1.95. The predicted molar refractivity (Wildman–Crippen MR) is 48.4 cm³/mol. The van der Waals surface area contributed by atoms with Crippen LogP contribution in [0.15, 0.2) is 22.9 Å². The Bertz CT molecular complexity index is 255. The van der Waals surface area contributed by atoms with E-state index < -0.39 is 0 Å². The number of rotatable bonds is 2. The lowest BCUT2D eigenvalue weighted by Gasteiger charge is -1.99. The van der Waals surface area contributed by atoms with Crippen LogP contribution in [0.4, 0.5) is 0 Å². The number of hydrogen-bond acceptors (Lipinski definition) is 1. The van der Waals surface area contributed by atoms with Gasteiger partial charge in [0.25, 0.3) is 0 Å². The van der Waals surface area contributed by atoms with E-state index in [4.69, 9.17) is 0 Å². The number of halogens is 1. The number of pyridine rings is 1. The summed E-state index contributed by atoms with van der Waals surface area (Å²) in [5.74, 6) is 0.940. The van der Waals surface area contributed by atoms with Crippen LogP contribution in [-0.4, -0.2) is 4.98 Å². The maximum atomic E-state index is 4.18. The molecular formula is C9H10BrN. The molecule has 1 fully saturated rings. The first kappa shape index (κ1) is 7.29. The van der Waals surface area contributed by atoms with E-state index in [0.717, 1.165) is 10.5 Å². The smallest absolute Gasteiger partial charge is 0.109 e. The van der Waals surface area contributed by atoms with E-state index in [1.807, 2.05) is 12.3 Å². The van der Waals surface area contributed by atoms with Gasteiger partial charge in [-0.25, -0.2) is 4.98 Å². The van der Waals surface area contributed by atoms with E-state index in [1.165, 1.54) is 24.8 Å². The first-order valence-electron chi connectivity index (χ1n) is 3.95. The highest BCUT2D eigenvalue weighted by molar-refractivity contribution is 9.10. The number of aromatic nitrogens is 1. The van der Waals surface area contributed by atoms with Crippen LogP contribution in [0.1, 0.15) is 18.4 Å². The van der Waals surface area contributed by atoms with E-state index in [2.05, 4.69) is 27.0 Å². The zero-order valence-corrected chi connectivity index (χ0v) is 7.84. The van der Waals surface area contributed by atoms with Crippen LogP contribution >= 0.6 is 15.9 Å². The van der Waals surface area contributed by atoms with Gasteiger partial charge < -0.3 is 0 Å². The van der Waals surface area contributed by atoms with Crippen molar-refractivity contribution in [2.24, 2.45) is 5.92 Å². The Labute approximate surface area is 75.0 Å². The largest absolute Gasteiger partial charge is 0.249 e. The van der Waals surface area contributed by atoms with E-state index in [-0.39, 0.29) is 0 Å². The van der Waals surface area contributed by atoms with Crippen molar-refractivity contribution in [1.82, 2.24) is 4.98 Å². The summed E-state index contributed by atoms with van der Waals surface area (Å²) in [5.41, 5.74) is 1.36. The second-order valence-electron chi connectivity index (χ2n) is 3.10. The summed E-state index contributed by atoms with van der Waals surface area (Å²) in [4.78, 5) is 4.18. The van der Waals surface area contributed by atoms with Crippen molar-refractivity contribution in [1.29, 1.82) is 0 Å². The van der Waals surface area contributed by atoms with Crippen molar-refractivity contribution in [3.8, 4) is 0 Å². The minimum atomic E-state index is 0.940. The van der Waals surface area contributed by atoms with Crippen molar-refractivity contribution in [2.45, 2.75) is 19.3 Å². The molecule has 2 heteroatoms. The fraction of sp³-hybridized carbons (Fsp3) is 0.444. The summed E-state index contributed by atoms with van der Waals surface area (Å²) in [6.45, 7) is 0. The molecule has 0 amide bonds. The molecular weight excluding hydrogens is 202 g/mol. The molecule has 58 valence electrons. The van der Waals surface area contributed by atoms with Gasteiger partial charge in [-0.15, -0.1) is 0 Å². The Morgan fingerprint density at radius 3 is 3.00 bits per heavy atom. The van der Waals surface area contributed by atoms with Crippen molar-refractivity contribution in [3.05, 3.63) is 28.5 Å². The average Bonchev–Trinajstić information content (AvgIpc) is 2.78. The Morgan fingerprint density at radius 2 is 2.36 bits per heavy atom. The highest BCUT2D eigenvalue weighted by atomic mass is 79.9. The Morgan fingerprint density at radius 1 is 1.55 bits per heavy atom. The van der Waals surface area contributed by atoms with Crippen molar-refractivity contribution in [3.63, 3.8) is 0 Å². The van der Waals surface area contributed by atoms with Gasteiger partial charge in [-0.05, 0) is 52.7 Å². The van der Waals surface area contributed by atoms with E-state index in [9.17, 15) is 0 Å². The van der Waals surface area contributed by atoms with Crippen LogP contribution in [0, 0.1) is 5.92 Å². The number of nitrogens with zero attached hydrogens (tertiary/aromatic N) is 1. The summed E-state index contributed by atoms with van der Waals surface area (Å²) in [6.07, 6.45) is 5.83. The maximum Gasteiger partial charge on any atom is 0.109 e. The minimum Gasteiger partial charge on any atom is -0.249 e. The predicted octanol–water partition coefficient (Wildman–Crippen LogP) is 2.80. The molecule has 1 saturated carbocycles. The Balaban J connectivity index is 2.15. The summed E-state index contributed by atoms with van der Waals surface area (Å²) in [6, 6.07) is 4.15. The molecule has 0 aromatic carbocycles. The molecule has 2 rings (SSSR count). The lowest BCUT2D eigenvalue weighted by Crippen LogP contribution is -1.89. The molecule has 0 aliphatic heterocycles. The number of hydrogen-bond donors (Lipinski definition) is 0. The zero-order valence-electron chi connectivity index (χ0n) is 6.26. The first-order valence-corrected chi connectivity index (χ1v) is 4.75. The second-order valence-corrected chi connectivity index (χ2v) is 3.85. The fourth-order valence-corrected chi connectivity index (χ4v) is 1.62. The van der Waals surface area contributed by atoms with Crippen LogP contribution < -0.4 is 0 Å². The third-order valence-corrected chi connectivity index (χ3v) is 2.76. The quantitative estimate of drug-likeness (QED) is 0.687. The molecule has 0 spiro atoms. The van der Waals surface area contributed by atoms with E-state index in [0.29, 0.717) is 0 Å². The summed E-state index contributed by atoms with van der Waals surface area (Å²) < 4.78 is 1.02. The standard InChI is InChI=1S/C9H10BrN/c10-9-8(2-1-5-11-9)6-7-3-4-7/h1-2,5,7H,3-4,6H2. The molecule has 1 aliphatic carbocycles. The monoisotopic (exact) mass is 211 g/mol. The fourth-order valence-electron chi connectivity index (χ4n) is 1.20. The molecule has 0 N–H and O–H groups in total. The highest BCUT2D eigenvalue weighted by Gasteiger charge is 2.22. The van der Waals surface area contributed by atoms with Crippen molar-refractivity contribution < 1.29 is 0 Å². The second kappa shape index (κ2) is 2.94. The normalized spacial score (nSPS) is 16.8. The van der Waals surface area contributed by atoms with Gasteiger partial charge in [0.15, 0.2) is 0 Å². The average molecular weight is 212 g/mol. The third-order valence-electron chi connectivity index (χ3n) is 2.04. The molecule has 1 aromatic rings. The maximum absolute atomic E-state index is 4.18. The SMILES string of the molecule is Brc1ncccc1CC1CC1.